The molecule has 2 saturated heterocycles. The fourth-order valence-corrected chi connectivity index (χ4v) is 4.38. The van der Waals surface area contributed by atoms with Gasteiger partial charge in [0.25, 0.3) is 0 Å². The van der Waals surface area contributed by atoms with Crippen molar-refractivity contribution in [2.24, 2.45) is 11.8 Å². The molecule has 4 rings (SSSR count). The first-order valence-corrected chi connectivity index (χ1v) is 10.5. The van der Waals surface area contributed by atoms with Crippen molar-refractivity contribution in [3.63, 3.8) is 0 Å². The van der Waals surface area contributed by atoms with Crippen molar-refractivity contribution in [2.45, 2.75) is 25.4 Å². The summed E-state index contributed by atoms with van der Waals surface area (Å²) in [5.41, 5.74) is 1.59. The van der Waals surface area contributed by atoms with Gasteiger partial charge in [0.1, 0.15) is 5.82 Å². The van der Waals surface area contributed by atoms with Crippen LogP contribution in [0.25, 0.3) is 0 Å². The lowest BCUT2D eigenvalue weighted by molar-refractivity contribution is -0.127. The number of amides is 1. The summed E-state index contributed by atoms with van der Waals surface area (Å²) in [6.07, 6.45) is 1.82. The molecular weight excluding hydrogens is 383 g/mol. The summed E-state index contributed by atoms with van der Waals surface area (Å²) in [7, 11) is 0. The van der Waals surface area contributed by atoms with Crippen molar-refractivity contribution in [3.8, 4) is 0 Å². The lowest BCUT2D eigenvalue weighted by atomic mass is 9.87. The van der Waals surface area contributed by atoms with E-state index in [9.17, 15) is 14.0 Å². The van der Waals surface area contributed by atoms with Crippen LogP contribution < -0.4 is 5.32 Å². The lowest BCUT2D eigenvalue weighted by Gasteiger charge is -2.26. The number of nitrogens with one attached hydrogen (secondary N) is 1. The van der Waals surface area contributed by atoms with Crippen LogP contribution in [0.15, 0.2) is 54.6 Å². The average molecular weight is 410 g/mol. The molecule has 0 aromatic heterocycles. The van der Waals surface area contributed by atoms with E-state index in [2.05, 4.69) is 10.2 Å². The maximum Gasteiger partial charge on any atom is 0.225 e. The number of likely N-dealkylation sites (tertiary alicyclic amines) is 1. The molecule has 2 aliphatic rings. The summed E-state index contributed by atoms with van der Waals surface area (Å²) in [5, 5.41) is 3.09. The molecule has 2 fully saturated rings. The number of carbonyl (C=O) groups excluding carboxylic acids is 2. The number of ether oxygens (including phenoxy) is 1. The predicted molar refractivity (Wildman–Crippen MR) is 111 cm³/mol. The highest BCUT2D eigenvalue weighted by atomic mass is 19.1. The largest absolute Gasteiger partial charge is 0.379 e. The normalized spacial score (nSPS) is 24.5. The molecule has 0 saturated carbocycles. The number of nitrogens with zero attached hydrogens (tertiary/aromatic N) is 1. The first-order chi connectivity index (χ1) is 14.6. The maximum atomic E-state index is 13.3. The van der Waals surface area contributed by atoms with E-state index < -0.39 is 11.8 Å². The molecule has 2 aromatic rings. The lowest BCUT2D eigenvalue weighted by Crippen LogP contribution is -2.46. The zero-order chi connectivity index (χ0) is 20.9. The molecule has 0 radical (unpaired) electrons. The number of ketones is 1. The third kappa shape index (κ3) is 4.94. The molecule has 158 valence electrons. The smallest absolute Gasteiger partial charge is 0.225 e. The van der Waals surface area contributed by atoms with E-state index in [0.29, 0.717) is 31.8 Å². The minimum absolute atomic E-state index is 0.00371. The molecule has 2 heterocycles. The molecule has 0 spiro atoms. The SMILES string of the molecule is O=C(N[C@H]1CCCOC1)[C@@H]1CN(Cc2ccccc2)C[C@H]1C(=O)c1ccc(F)cc1. The van der Waals surface area contributed by atoms with Gasteiger partial charge in [-0.2, -0.15) is 0 Å². The zero-order valence-electron chi connectivity index (χ0n) is 16.9. The van der Waals surface area contributed by atoms with Crippen LogP contribution in [0.1, 0.15) is 28.8 Å². The van der Waals surface area contributed by atoms with Gasteiger partial charge in [0.15, 0.2) is 5.78 Å². The second-order valence-electron chi connectivity index (χ2n) is 8.19. The average Bonchev–Trinajstić information content (AvgIpc) is 3.19. The molecule has 30 heavy (non-hydrogen) atoms. The van der Waals surface area contributed by atoms with E-state index in [0.717, 1.165) is 25.0 Å². The predicted octanol–water partition coefficient (Wildman–Crippen LogP) is 3.05. The second kappa shape index (κ2) is 9.49. The monoisotopic (exact) mass is 410 g/mol. The van der Waals surface area contributed by atoms with Gasteiger partial charge in [-0.05, 0) is 42.7 Å². The number of hydrogen-bond donors (Lipinski definition) is 1. The minimum atomic E-state index is -0.455. The highest BCUT2D eigenvalue weighted by Gasteiger charge is 2.42. The Bertz CT molecular complexity index is 866. The van der Waals surface area contributed by atoms with E-state index in [1.165, 1.54) is 24.3 Å². The Morgan fingerprint density at radius 1 is 1.03 bits per heavy atom. The van der Waals surface area contributed by atoms with Gasteiger partial charge in [-0.1, -0.05) is 30.3 Å². The van der Waals surface area contributed by atoms with Gasteiger partial charge in [-0.15, -0.1) is 0 Å². The van der Waals surface area contributed by atoms with Crippen LogP contribution >= 0.6 is 0 Å². The molecule has 3 atom stereocenters. The van der Waals surface area contributed by atoms with Crippen LogP contribution in [0.2, 0.25) is 0 Å². The Morgan fingerprint density at radius 2 is 1.77 bits per heavy atom. The van der Waals surface area contributed by atoms with E-state index in [1.54, 1.807) is 0 Å². The second-order valence-corrected chi connectivity index (χ2v) is 8.19. The number of Topliss-reactive ketones (excluding diaryl/α,β-unsaturated/α-hetero) is 1. The fraction of sp³-hybridized carbons (Fsp3) is 0.417. The van der Waals surface area contributed by atoms with Crippen LogP contribution in [0.4, 0.5) is 4.39 Å². The minimum Gasteiger partial charge on any atom is -0.379 e. The Kier molecular flexibility index (Phi) is 6.55. The van der Waals surface area contributed by atoms with Gasteiger partial charge >= 0.3 is 0 Å². The highest BCUT2D eigenvalue weighted by molar-refractivity contribution is 6.01. The Labute approximate surface area is 176 Å². The van der Waals surface area contributed by atoms with Gasteiger partial charge in [0, 0.05) is 37.7 Å². The first-order valence-electron chi connectivity index (χ1n) is 10.5. The van der Waals surface area contributed by atoms with E-state index >= 15 is 0 Å². The van der Waals surface area contributed by atoms with E-state index in [4.69, 9.17) is 4.74 Å². The molecule has 2 aliphatic heterocycles. The van der Waals surface area contributed by atoms with Gasteiger partial charge in [0.2, 0.25) is 5.91 Å². The molecule has 5 nitrogen and oxygen atoms in total. The van der Waals surface area contributed by atoms with Gasteiger partial charge in [-0.3, -0.25) is 14.5 Å². The summed E-state index contributed by atoms with van der Waals surface area (Å²) in [4.78, 5) is 28.5. The summed E-state index contributed by atoms with van der Waals surface area (Å²) in [6, 6.07) is 15.6. The molecule has 6 heteroatoms. The molecule has 2 aromatic carbocycles. The quantitative estimate of drug-likeness (QED) is 0.744. The summed E-state index contributed by atoms with van der Waals surface area (Å²) < 4.78 is 18.8. The Hall–Kier alpha value is -2.57. The maximum absolute atomic E-state index is 13.3. The summed E-state index contributed by atoms with van der Waals surface area (Å²) in [5.74, 6) is -1.47. The zero-order valence-corrected chi connectivity index (χ0v) is 16.9. The molecule has 0 aliphatic carbocycles. The molecule has 0 unspecified atom stereocenters. The van der Waals surface area contributed by atoms with Crippen LogP contribution in [0.3, 0.4) is 0 Å². The van der Waals surface area contributed by atoms with Crippen LogP contribution in [0, 0.1) is 17.7 Å². The Morgan fingerprint density at radius 3 is 2.47 bits per heavy atom. The number of rotatable bonds is 6. The van der Waals surface area contributed by atoms with Crippen LogP contribution in [-0.4, -0.2) is 48.9 Å². The number of halogens is 1. The van der Waals surface area contributed by atoms with Crippen molar-refractivity contribution in [1.82, 2.24) is 10.2 Å². The van der Waals surface area contributed by atoms with Crippen molar-refractivity contribution < 1.29 is 18.7 Å². The number of benzene rings is 2. The third-order valence-electron chi connectivity index (χ3n) is 5.95. The topological polar surface area (TPSA) is 58.6 Å². The third-order valence-corrected chi connectivity index (χ3v) is 5.95. The molecular formula is C24H27FN2O3. The first kappa shape index (κ1) is 20.7. The summed E-state index contributed by atoms with van der Waals surface area (Å²) in [6.45, 7) is 2.95. The summed E-state index contributed by atoms with van der Waals surface area (Å²) >= 11 is 0. The van der Waals surface area contributed by atoms with E-state index in [-0.39, 0.29) is 23.5 Å². The highest BCUT2D eigenvalue weighted by Crippen LogP contribution is 2.29. The standard InChI is InChI=1S/C24H27FN2O3/c25-19-10-8-18(9-11-19)23(28)21-14-27(13-17-5-2-1-3-6-17)15-22(21)24(29)26-20-7-4-12-30-16-20/h1-3,5-6,8-11,20-22H,4,7,12-16H2,(H,26,29)/t20-,21+,22+/m0/s1. The number of carbonyl (C=O) groups is 2. The van der Waals surface area contributed by atoms with Gasteiger partial charge < -0.3 is 10.1 Å². The van der Waals surface area contributed by atoms with Gasteiger partial charge in [-0.25, -0.2) is 4.39 Å². The van der Waals surface area contributed by atoms with Crippen LogP contribution in [-0.2, 0) is 16.1 Å². The Balaban J connectivity index is 1.51. The fourth-order valence-electron chi connectivity index (χ4n) is 4.38. The van der Waals surface area contributed by atoms with Crippen LogP contribution in [0.5, 0.6) is 0 Å². The molecule has 1 N–H and O–H groups in total. The molecule has 1 amide bonds. The van der Waals surface area contributed by atoms with Crippen molar-refractivity contribution in [2.75, 3.05) is 26.3 Å². The van der Waals surface area contributed by atoms with Crippen molar-refractivity contribution in [1.29, 1.82) is 0 Å². The van der Waals surface area contributed by atoms with Gasteiger partial charge in [0.05, 0.1) is 18.6 Å². The molecule has 0 bridgehead atoms. The van der Waals surface area contributed by atoms with E-state index in [1.807, 2.05) is 30.3 Å². The number of hydrogen-bond acceptors (Lipinski definition) is 4. The van der Waals surface area contributed by atoms with Crippen molar-refractivity contribution >= 4 is 11.7 Å². The van der Waals surface area contributed by atoms with Crippen molar-refractivity contribution in [3.05, 3.63) is 71.5 Å².